The molecule has 2 unspecified atom stereocenters. The van der Waals surface area contributed by atoms with Gasteiger partial charge in [0.15, 0.2) is 17.4 Å². The highest BCUT2D eigenvalue weighted by Gasteiger charge is 2.46. The Morgan fingerprint density at radius 2 is 1.77 bits per heavy atom. The lowest BCUT2D eigenvalue weighted by molar-refractivity contribution is -0.0518. The first-order valence-electron chi connectivity index (χ1n) is 16.2. The third-order valence-corrected chi connectivity index (χ3v) is 9.74. The second kappa shape index (κ2) is 11.9. The summed E-state index contributed by atoms with van der Waals surface area (Å²) in [5.41, 5.74) is -1.57. The summed E-state index contributed by atoms with van der Waals surface area (Å²) in [7, 11) is 0. The number of aromatic nitrogens is 3. The van der Waals surface area contributed by atoms with E-state index < -0.39 is 35.3 Å². The number of hydrogen-bond donors (Lipinski definition) is 0. The summed E-state index contributed by atoms with van der Waals surface area (Å²) >= 11 is 0. The van der Waals surface area contributed by atoms with Crippen LogP contribution in [0.15, 0.2) is 24.4 Å². The molecule has 0 aliphatic carbocycles. The largest absolute Gasteiger partial charge is 0.461 e. The minimum Gasteiger partial charge on any atom is -0.461 e. The smallest absolute Gasteiger partial charge is 0.410 e. The second-order valence-corrected chi connectivity index (χ2v) is 13.9. The number of carbonyl (C=O) groups is 1. The van der Waals surface area contributed by atoms with Crippen LogP contribution in [0.25, 0.3) is 22.2 Å². The van der Waals surface area contributed by atoms with Gasteiger partial charge in [-0.3, -0.25) is 14.8 Å². The van der Waals surface area contributed by atoms with E-state index in [-0.39, 0.29) is 46.2 Å². The number of para-hydroxylation sites is 1. The summed E-state index contributed by atoms with van der Waals surface area (Å²) in [4.78, 5) is 32.8. The van der Waals surface area contributed by atoms with Crippen LogP contribution in [0.2, 0.25) is 0 Å². The van der Waals surface area contributed by atoms with Gasteiger partial charge in [-0.05, 0) is 84.5 Å². The lowest BCUT2D eigenvalue weighted by Gasteiger charge is -2.42. The summed E-state index contributed by atoms with van der Waals surface area (Å²) in [6, 6.07) is 3.15. The highest BCUT2D eigenvalue weighted by atomic mass is 19.3. The molecule has 4 aliphatic heterocycles. The van der Waals surface area contributed by atoms with E-state index in [2.05, 4.69) is 19.6 Å². The van der Waals surface area contributed by atoms with Crippen LogP contribution >= 0.6 is 0 Å². The SMILES string of the molecule is CC(C)(C)OC(=O)N1C2CCC1CN(c1nc(OCC34CCCN3CCC4)nc3c(F)c(-c4cccc(F)c4OC(F)F)ncc13)C2. The van der Waals surface area contributed by atoms with Crippen molar-refractivity contribution in [2.75, 3.05) is 37.7 Å². The predicted molar refractivity (Wildman–Crippen MR) is 165 cm³/mol. The Balaban J connectivity index is 1.28. The summed E-state index contributed by atoms with van der Waals surface area (Å²) in [5.74, 6) is -2.45. The van der Waals surface area contributed by atoms with Gasteiger partial charge < -0.3 is 19.1 Å². The predicted octanol–water partition coefficient (Wildman–Crippen LogP) is 6.17. The number of nitrogens with zero attached hydrogens (tertiary/aromatic N) is 6. The number of fused-ring (bicyclic) bond motifs is 4. The number of carbonyl (C=O) groups excluding carboxylic acids is 1. The molecular formula is C33H38F4N6O4. The number of anilines is 1. The average Bonchev–Trinajstić information content (AvgIpc) is 3.67. The van der Waals surface area contributed by atoms with E-state index in [0.29, 0.717) is 25.5 Å². The van der Waals surface area contributed by atoms with Crippen molar-refractivity contribution in [3.63, 3.8) is 0 Å². The third kappa shape index (κ3) is 5.89. The summed E-state index contributed by atoms with van der Waals surface area (Å²) < 4.78 is 74.0. The fraction of sp³-hybridized carbons (Fsp3) is 0.576. The Bertz CT molecular complexity index is 1660. The van der Waals surface area contributed by atoms with E-state index in [0.717, 1.165) is 57.7 Å². The zero-order valence-corrected chi connectivity index (χ0v) is 26.6. The van der Waals surface area contributed by atoms with Crippen molar-refractivity contribution in [1.29, 1.82) is 0 Å². The van der Waals surface area contributed by atoms with E-state index in [1.807, 2.05) is 25.7 Å². The minimum absolute atomic E-state index is 0.0260. The molecule has 2 bridgehead atoms. The maximum absolute atomic E-state index is 16.5. The summed E-state index contributed by atoms with van der Waals surface area (Å²) in [5, 5.41) is 0.276. The van der Waals surface area contributed by atoms with Gasteiger partial charge in [-0.2, -0.15) is 18.7 Å². The quantitative estimate of drug-likeness (QED) is 0.277. The fourth-order valence-electron chi connectivity index (χ4n) is 7.77. The van der Waals surface area contributed by atoms with Crippen LogP contribution in [0.4, 0.5) is 28.2 Å². The molecule has 252 valence electrons. The van der Waals surface area contributed by atoms with E-state index in [1.165, 1.54) is 18.3 Å². The monoisotopic (exact) mass is 658 g/mol. The van der Waals surface area contributed by atoms with E-state index in [1.54, 1.807) is 4.90 Å². The zero-order valence-electron chi connectivity index (χ0n) is 26.6. The van der Waals surface area contributed by atoms with Crippen molar-refractivity contribution in [1.82, 2.24) is 24.8 Å². The topological polar surface area (TPSA) is 93.2 Å². The van der Waals surface area contributed by atoms with Gasteiger partial charge in [0.25, 0.3) is 0 Å². The van der Waals surface area contributed by atoms with Gasteiger partial charge in [-0.1, -0.05) is 6.07 Å². The number of amides is 1. The molecule has 47 heavy (non-hydrogen) atoms. The second-order valence-electron chi connectivity index (χ2n) is 13.9. The molecule has 1 aromatic carbocycles. The van der Waals surface area contributed by atoms with Crippen molar-refractivity contribution in [2.45, 2.75) is 89.1 Å². The molecule has 2 aromatic heterocycles. The molecule has 0 N–H and O–H groups in total. The molecule has 10 nitrogen and oxygen atoms in total. The van der Waals surface area contributed by atoms with E-state index in [4.69, 9.17) is 14.5 Å². The van der Waals surface area contributed by atoms with Gasteiger partial charge in [0.2, 0.25) is 0 Å². The average molecular weight is 659 g/mol. The van der Waals surface area contributed by atoms with E-state index >= 15 is 4.39 Å². The molecular weight excluding hydrogens is 620 g/mol. The number of ether oxygens (including phenoxy) is 3. The Morgan fingerprint density at radius 1 is 1.06 bits per heavy atom. The van der Waals surface area contributed by atoms with Crippen molar-refractivity contribution in [3.05, 3.63) is 36.0 Å². The maximum atomic E-state index is 16.5. The molecule has 6 heterocycles. The van der Waals surface area contributed by atoms with Gasteiger partial charge in [-0.15, -0.1) is 0 Å². The number of alkyl halides is 2. The van der Waals surface area contributed by atoms with E-state index in [9.17, 15) is 18.0 Å². The van der Waals surface area contributed by atoms with Crippen molar-refractivity contribution < 1.29 is 36.6 Å². The Morgan fingerprint density at radius 3 is 2.43 bits per heavy atom. The molecule has 0 radical (unpaired) electrons. The van der Waals surface area contributed by atoms with Crippen LogP contribution in [0.5, 0.6) is 11.8 Å². The molecule has 3 aromatic rings. The Kier molecular flexibility index (Phi) is 8.04. The van der Waals surface area contributed by atoms with Gasteiger partial charge >= 0.3 is 18.7 Å². The Hall–Kier alpha value is -3.94. The maximum Gasteiger partial charge on any atom is 0.410 e. The first-order valence-corrected chi connectivity index (χ1v) is 16.2. The molecule has 7 rings (SSSR count). The lowest BCUT2D eigenvalue weighted by Crippen LogP contribution is -2.57. The third-order valence-electron chi connectivity index (χ3n) is 9.74. The highest BCUT2D eigenvalue weighted by molar-refractivity contribution is 5.92. The van der Waals surface area contributed by atoms with Gasteiger partial charge in [0.05, 0.1) is 23.0 Å². The molecule has 2 atom stereocenters. The molecule has 4 saturated heterocycles. The number of rotatable bonds is 7. The lowest BCUT2D eigenvalue weighted by atomic mass is 9.95. The number of benzene rings is 1. The molecule has 14 heteroatoms. The molecule has 4 aliphatic rings. The van der Waals surface area contributed by atoms with Crippen LogP contribution in [0, 0.1) is 11.6 Å². The van der Waals surface area contributed by atoms with Crippen molar-refractivity contribution >= 4 is 22.8 Å². The van der Waals surface area contributed by atoms with Gasteiger partial charge in [-0.25, -0.2) is 13.6 Å². The molecule has 0 spiro atoms. The number of halogens is 4. The summed E-state index contributed by atoms with van der Waals surface area (Å²) in [6.45, 7) is 5.32. The number of hydrogen-bond acceptors (Lipinski definition) is 9. The van der Waals surface area contributed by atoms with Gasteiger partial charge in [0.1, 0.15) is 29.2 Å². The molecule has 0 saturated carbocycles. The normalized spacial score (nSPS) is 22.3. The van der Waals surface area contributed by atoms with Gasteiger partial charge in [0, 0.05) is 24.8 Å². The summed E-state index contributed by atoms with van der Waals surface area (Å²) in [6.07, 6.45) is 6.64. The van der Waals surface area contributed by atoms with Crippen LogP contribution in [0.3, 0.4) is 0 Å². The number of pyridine rings is 1. The van der Waals surface area contributed by atoms with Crippen LogP contribution in [-0.4, -0.2) is 93.5 Å². The molecule has 4 fully saturated rings. The molecule has 1 amide bonds. The van der Waals surface area contributed by atoms with Crippen LogP contribution in [0.1, 0.15) is 59.3 Å². The van der Waals surface area contributed by atoms with Crippen molar-refractivity contribution in [2.24, 2.45) is 0 Å². The highest BCUT2D eigenvalue weighted by Crippen LogP contribution is 2.41. The minimum atomic E-state index is -3.33. The first kappa shape index (κ1) is 31.6. The number of piperazine rings is 1. The fourth-order valence-corrected chi connectivity index (χ4v) is 7.77. The standard InChI is InChI=1S/C33H38F4N6O4/c1-32(2,3)47-31(44)43-19-9-10-20(43)17-41(16-19)28-22-15-38-25(21-7-4-8-23(34)27(21)46-29(36)37)24(35)26(22)39-30(40-28)45-18-33-11-5-13-42(33)14-6-12-33/h4,7-8,15,19-20,29H,5-6,9-14,16-18H2,1-3H3. The van der Waals surface area contributed by atoms with Crippen molar-refractivity contribution in [3.8, 4) is 23.0 Å². The Labute approximate surface area is 270 Å². The van der Waals surface area contributed by atoms with Crippen LogP contribution < -0.4 is 14.4 Å². The zero-order chi connectivity index (χ0) is 33.1. The first-order chi connectivity index (χ1) is 22.4. The van der Waals surface area contributed by atoms with Crippen LogP contribution in [-0.2, 0) is 4.74 Å².